The number of hydrogen-bond donors (Lipinski definition) is 2. The standard InChI is InChI=1S/C15H15N3O3S/c19-14-16-10-4-3-9(7-11(10)21-14)13-12(22-15(20)17-13)8-18-5-1-2-6-18/h3-4,7H,1-2,5-6,8H2,(H,16,19)(H,17,20). The fraction of sp³-hybridized carbons (Fsp3) is 0.333. The van der Waals surface area contributed by atoms with Crippen LogP contribution >= 0.6 is 11.3 Å². The van der Waals surface area contributed by atoms with E-state index in [1.165, 1.54) is 24.2 Å². The number of thiazole rings is 1. The lowest BCUT2D eigenvalue weighted by atomic mass is 10.1. The van der Waals surface area contributed by atoms with Crippen molar-refractivity contribution in [1.29, 1.82) is 0 Å². The second-order valence-electron chi connectivity index (χ2n) is 5.52. The first-order chi connectivity index (χ1) is 10.7. The van der Waals surface area contributed by atoms with E-state index in [1.54, 1.807) is 12.1 Å². The number of benzene rings is 1. The lowest BCUT2D eigenvalue weighted by Crippen LogP contribution is -2.18. The van der Waals surface area contributed by atoms with E-state index >= 15 is 0 Å². The van der Waals surface area contributed by atoms with Gasteiger partial charge < -0.3 is 9.40 Å². The summed E-state index contributed by atoms with van der Waals surface area (Å²) in [6.45, 7) is 2.95. The van der Waals surface area contributed by atoms with E-state index in [0.717, 1.165) is 35.8 Å². The third-order valence-corrected chi connectivity index (χ3v) is 4.86. The molecule has 3 heterocycles. The highest BCUT2D eigenvalue weighted by molar-refractivity contribution is 7.09. The number of likely N-dealkylation sites (tertiary alicyclic amines) is 1. The van der Waals surface area contributed by atoms with Gasteiger partial charge in [-0.1, -0.05) is 17.4 Å². The minimum absolute atomic E-state index is 0.0557. The van der Waals surface area contributed by atoms with E-state index in [0.29, 0.717) is 11.1 Å². The summed E-state index contributed by atoms with van der Waals surface area (Å²) in [7, 11) is 0. The van der Waals surface area contributed by atoms with Crippen LogP contribution in [0, 0.1) is 0 Å². The van der Waals surface area contributed by atoms with E-state index in [4.69, 9.17) is 4.42 Å². The number of nitrogens with one attached hydrogen (secondary N) is 2. The molecule has 0 radical (unpaired) electrons. The third kappa shape index (κ3) is 2.42. The maximum absolute atomic E-state index is 11.8. The molecule has 3 aromatic rings. The van der Waals surface area contributed by atoms with Crippen LogP contribution in [0.2, 0.25) is 0 Å². The van der Waals surface area contributed by atoms with Crippen molar-refractivity contribution in [3.63, 3.8) is 0 Å². The van der Waals surface area contributed by atoms with E-state index in [1.807, 2.05) is 6.07 Å². The molecule has 114 valence electrons. The number of rotatable bonds is 3. The third-order valence-electron chi connectivity index (χ3n) is 4.00. The SMILES string of the molecule is O=c1[nH]c2ccc(-c3[nH]c(=O)sc3CN3CCCC3)cc2o1. The largest absolute Gasteiger partial charge is 0.417 e. The van der Waals surface area contributed by atoms with Crippen molar-refractivity contribution < 1.29 is 4.42 Å². The van der Waals surface area contributed by atoms with Crippen molar-refractivity contribution in [2.24, 2.45) is 0 Å². The van der Waals surface area contributed by atoms with Crippen LogP contribution in [0.3, 0.4) is 0 Å². The van der Waals surface area contributed by atoms with Gasteiger partial charge in [0.1, 0.15) is 0 Å². The summed E-state index contributed by atoms with van der Waals surface area (Å²) in [5.41, 5.74) is 2.85. The minimum Gasteiger partial charge on any atom is -0.408 e. The summed E-state index contributed by atoms with van der Waals surface area (Å²) in [5.74, 6) is -0.469. The Bertz CT molecular complexity index is 927. The van der Waals surface area contributed by atoms with Gasteiger partial charge in [-0.15, -0.1) is 0 Å². The van der Waals surface area contributed by atoms with Crippen molar-refractivity contribution in [1.82, 2.24) is 14.9 Å². The number of hydrogen-bond acceptors (Lipinski definition) is 5. The molecule has 0 atom stereocenters. The Hall–Kier alpha value is -2.12. The van der Waals surface area contributed by atoms with Crippen molar-refractivity contribution >= 4 is 22.4 Å². The number of oxazole rings is 1. The van der Waals surface area contributed by atoms with Gasteiger partial charge in [0.25, 0.3) is 0 Å². The zero-order valence-corrected chi connectivity index (χ0v) is 12.7. The molecule has 1 fully saturated rings. The van der Waals surface area contributed by atoms with Crippen LogP contribution < -0.4 is 10.6 Å². The molecule has 0 saturated carbocycles. The lowest BCUT2D eigenvalue weighted by Gasteiger charge is -2.14. The summed E-state index contributed by atoms with van der Waals surface area (Å²) in [6, 6.07) is 5.48. The molecule has 1 aromatic carbocycles. The highest BCUT2D eigenvalue weighted by Gasteiger charge is 2.17. The Morgan fingerprint density at radius 1 is 1.18 bits per heavy atom. The quantitative estimate of drug-likeness (QED) is 0.775. The number of H-pyrrole nitrogens is 2. The molecule has 0 unspecified atom stereocenters. The minimum atomic E-state index is -0.469. The van der Waals surface area contributed by atoms with Crippen LogP contribution in [0.25, 0.3) is 22.4 Å². The zero-order valence-electron chi connectivity index (χ0n) is 11.8. The van der Waals surface area contributed by atoms with E-state index in [2.05, 4.69) is 14.9 Å². The fourth-order valence-corrected chi connectivity index (χ4v) is 3.84. The fourth-order valence-electron chi connectivity index (χ4n) is 2.95. The van der Waals surface area contributed by atoms with Gasteiger partial charge in [0, 0.05) is 17.0 Å². The predicted molar refractivity (Wildman–Crippen MR) is 85.3 cm³/mol. The van der Waals surface area contributed by atoms with Gasteiger partial charge in [0.2, 0.25) is 0 Å². The van der Waals surface area contributed by atoms with Crippen LogP contribution in [-0.2, 0) is 6.54 Å². The molecule has 6 nitrogen and oxygen atoms in total. The van der Waals surface area contributed by atoms with Gasteiger partial charge in [-0.3, -0.25) is 14.7 Å². The van der Waals surface area contributed by atoms with E-state index < -0.39 is 5.76 Å². The van der Waals surface area contributed by atoms with Crippen LogP contribution in [0.15, 0.2) is 32.2 Å². The first-order valence-electron chi connectivity index (χ1n) is 7.27. The molecule has 1 aliphatic heterocycles. The number of aromatic amines is 2. The van der Waals surface area contributed by atoms with E-state index in [9.17, 15) is 9.59 Å². The molecule has 1 saturated heterocycles. The summed E-state index contributed by atoms with van der Waals surface area (Å²) in [5, 5.41) is 0. The Kier molecular flexibility index (Phi) is 3.24. The topological polar surface area (TPSA) is 82.1 Å². The molecular formula is C15H15N3O3S. The van der Waals surface area contributed by atoms with Crippen molar-refractivity contribution in [2.75, 3.05) is 13.1 Å². The first kappa shape index (κ1) is 13.5. The molecule has 0 bridgehead atoms. The maximum Gasteiger partial charge on any atom is 0.417 e. The molecule has 0 spiro atoms. The van der Waals surface area contributed by atoms with E-state index in [-0.39, 0.29) is 4.87 Å². The predicted octanol–water partition coefficient (Wildman–Crippen LogP) is 2.13. The molecule has 0 aliphatic carbocycles. The van der Waals surface area contributed by atoms with Crippen LogP contribution in [0.5, 0.6) is 0 Å². The van der Waals surface area contributed by atoms with Crippen molar-refractivity contribution in [3.8, 4) is 11.3 Å². The Morgan fingerprint density at radius 3 is 2.82 bits per heavy atom. The summed E-state index contributed by atoms with van der Waals surface area (Å²) >= 11 is 1.25. The van der Waals surface area contributed by atoms with Gasteiger partial charge in [-0.25, -0.2) is 4.79 Å². The van der Waals surface area contributed by atoms with Gasteiger partial charge >= 0.3 is 10.6 Å². The second-order valence-corrected chi connectivity index (χ2v) is 6.59. The van der Waals surface area contributed by atoms with Crippen LogP contribution in [0.4, 0.5) is 0 Å². The van der Waals surface area contributed by atoms with Gasteiger partial charge in [-0.05, 0) is 38.1 Å². The van der Waals surface area contributed by atoms with Gasteiger partial charge in [-0.2, -0.15) is 0 Å². The van der Waals surface area contributed by atoms with Gasteiger partial charge in [0.05, 0.1) is 11.2 Å². The van der Waals surface area contributed by atoms with Crippen molar-refractivity contribution in [2.45, 2.75) is 19.4 Å². The van der Waals surface area contributed by atoms with Crippen molar-refractivity contribution in [3.05, 3.63) is 43.3 Å². The smallest absolute Gasteiger partial charge is 0.408 e. The first-order valence-corrected chi connectivity index (χ1v) is 8.08. The van der Waals surface area contributed by atoms with Crippen LogP contribution in [0.1, 0.15) is 17.7 Å². The number of fused-ring (bicyclic) bond motifs is 1. The molecule has 2 N–H and O–H groups in total. The second kappa shape index (κ2) is 5.26. The molecule has 22 heavy (non-hydrogen) atoms. The number of nitrogens with zero attached hydrogens (tertiary/aromatic N) is 1. The molecule has 0 amide bonds. The Morgan fingerprint density at radius 2 is 2.00 bits per heavy atom. The summed E-state index contributed by atoms with van der Waals surface area (Å²) in [4.78, 5) is 31.9. The normalized spacial score (nSPS) is 15.8. The number of aromatic nitrogens is 2. The maximum atomic E-state index is 11.8. The molecule has 1 aliphatic rings. The Balaban J connectivity index is 1.76. The molecular weight excluding hydrogens is 302 g/mol. The molecule has 7 heteroatoms. The van der Waals surface area contributed by atoms with Gasteiger partial charge in [0.15, 0.2) is 5.58 Å². The monoisotopic (exact) mass is 317 g/mol. The van der Waals surface area contributed by atoms with Crippen LogP contribution in [-0.4, -0.2) is 28.0 Å². The Labute approximate surface area is 129 Å². The average molecular weight is 317 g/mol. The average Bonchev–Trinajstić information content (AvgIpc) is 3.18. The zero-order chi connectivity index (χ0) is 15.1. The highest BCUT2D eigenvalue weighted by atomic mass is 32.1. The lowest BCUT2D eigenvalue weighted by molar-refractivity contribution is 0.334. The summed E-state index contributed by atoms with van der Waals surface area (Å²) < 4.78 is 5.10. The molecule has 2 aromatic heterocycles. The summed E-state index contributed by atoms with van der Waals surface area (Å²) in [6.07, 6.45) is 2.43. The highest BCUT2D eigenvalue weighted by Crippen LogP contribution is 2.27. The molecule has 4 rings (SSSR count).